The highest BCUT2D eigenvalue weighted by Crippen LogP contribution is 2.42. The number of carbonyl (C=O) groups excluding carboxylic acids is 1. The van der Waals surface area contributed by atoms with E-state index in [-0.39, 0.29) is 17.6 Å². The lowest BCUT2D eigenvalue weighted by Crippen LogP contribution is -2.29. The molecule has 1 aromatic heterocycles. The van der Waals surface area contributed by atoms with Crippen LogP contribution in [0.5, 0.6) is 5.75 Å². The summed E-state index contributed by atoms with van der Waals surface area (Å²) in [6.45, 7) is 10.8. The molecule has 1 saturated heterocycles. The molecule has 204 valence electrons. The van der Waals surface area contributed by atoms with Gasteiger partial charge in [0.05, 0.1) is 29.0 Å². The first-order valence-electron chi connectivity index (χ1n) is 12.4. The van der Waals surface area contributed by atoms with Gasteiger partial charge >= 0.3 is 6.18 Å². The zero-order valence-corrected chi connectivity index (χ0v) is 23.2. The summed E-state index contributed by atoms with van der Waals surface area (Å²) in [6, 6.07) is 7.12. The number of hydrogen-bond acceptors (Lipinski definition) is 6. The van der Waals surface area contributed by atoms with Crippen molar-refractivity contribution in [1.29, 1.82) is 0 Å². The molecule has 0 radical (unpaired) electrons. The fourth-order valence-corrected chi connectivity index (χ4v) is 5.97. The minimum absolute atomic E-state index is 0.0271. The monoisotopic (exact) mass is 548 g/mol. The fraction of sp³-hybridized carbons (Fsp3) is 0.444. The Morgan fingerprint density at radius 2 is 1.92 bits per heavy atom. The van der Waals surface area contributed by atoms with E-state index in [9.17, 15) is 22.5 Å². The second-order valence-corrected chi connectivity index (χ2v) is 13.4. The third kappa shape index (κ3) is 5.80. The van der Waals surface area contributed by atoms with Crippen molar-refractivity contribution in [3.8, 4) is 5.75 Å². The summed E-state index contributed by atoms with van der Waals surface area (Å²) >= 11 is 0. The molecule has 3 aromatic rings. The molecule has 1 aliphatic heterocycles. The Morgan fingerprint density at radius 1 is 1.21 bits per heavy atom. The molecule has 1 aliphatic rings. The van der Waals surface area contributed by atoms with Gasteiger partial charge in [0, 0.05) is 25.3 Å². The molecule has 0 unspecified atom stereocenters. The second kappa shape index (κ2) is 10.2. The van der Waals surface area contributed by atoms with Crippen molar-refractivity contribution in [2.24, 2.45) is 0 Å². The quantitative estimate of drug-likeness (QED) is 0.399. The van der Waals surface area contributed by atoms with Gasteiger partial charge in [-0.25, -0.2) is 9.97 Å². The number of carbonyl (C=O) groups is 1. The Kier molecular flexibility index (Phi) is 7.49. The van der Waals surface area contributed by atoms with Crippen LogP contribution in [-0.4, -0.2) is 53.3 Å². The predicted molar refractivity (Wildman–Crippen MR) is 143 cm³/mol. The molecule has 0 bridgehead atoms. The highest BCUT2D eigenvalue weighted by Gasteiger charge is 2.33. The smallest absolute Gasteiger partial charge is 0.416 e. The molecule has 7 nitrogen and oxygen atoms in total. The average Bonchev–Trinajstić information content (AvgIpc) is 3.26. The Bertz CT molecular complexity index is 1440. The normalized spacial score (nSPS) is 17.1. The van der Waals surface area contributed by atoms with Crippen molar-refractivity contribution in [1.82, 2.24) is 14.9 Å². The highest BCUT2D eigenvalue weighted by atomic mass is 31.2. The zero-order valence-electron chi connectivity index (χ0n) is 22.3. The van der Waals surface area contributed by atoms with Crippen LogP contribution in [0.3, 0.4) is 0 Å². The molecule has 2 heterocycles. The van der Waals surface area contributed by atoms with Crippen molar-refractivity contribution in [3.63, 3.8) is 0 Å². The number of aryl methyl sites for hydroxylation is 1. The third-order valence-electron chi connectivity index (χ3n) is 6.85. The molecule has 1 N–H and O–H groups in total. The maximum atomic E-state index is 13.5. The third-order valence-corrected chi connectivity index (χ3v) is 8.36. The van der Waals surface area contributed by atoms with E-state index in [1.165, 1.54) is 19.9 Å². The minimum Gasteiger partial charge on any atom is -0.488 e. The number of halogens is 3. The Labute approximate surface area is 220 Å². The van der Waals surface area contributed by atoms with E-state index < -0.39 is 24.9 Å². The lowest BCUT2D eigenvalue weighted by atomic mass is 9.97. The van der Waals surface area contributed by atoms with Crippen LogP contribution in [0, 0.1) is 13.8 Å². The molecule has 2 atom stereocenters. The van der Waals surface area contributed by atoms with E-state index in [4.69, 9.17) is 4.74 Å². The van der Waals surface area contributed by atoms with Gasteiger partial charge < -0.3 is 19.5 Å². The molecule has 0 spiro atoms. The first-order chi connectivity index (χ1) is 17.6. The van der Waals surface area contributed by atoms with Crippen LogP contribution in [0.2, 0.25) is 0 Å². The summed E-state index contributed by atoms with van der Waals surface area (Å²) in [5.74, 6) is 1.30. The minimum atomic E-state index is -4.45. The van der Waals surface area contributed by atoms with Gasteiger partial charge in [-0.2, -0.15) is 13.2 Å². The molecule has 38 heavy (non-hydrogen) atoms. The number of nitrogens with zero attached hydrogens (tertiary/aromatic N) is 3. The fourth-order valence-electron chi connectivity index (χ4n) is 4.89. The van der Waals surface area contributed by atoms with Crippen molar-refractivity contribution in [2.45, 2.75) is 52.4 Å². The maximum absolute atomic E-state index is 13.5. The number of likely N-dealkylation sites (tertiary alicyclic amines) is 1. The van der Waals surface area contributed by atoms with E-state index >= 15 is 0 Å². The van der Waals surface area contributed by atoms with Crippen LogP contribution in [0.4, 0.5) is 19.0 Å². The summed E-state index contributed by atoms with van der Waals surface area (Å²) in [5.41, 5.74) is 0.524. The lowest BCUT2D eigenvalue weighted by molar-refractivity contribution is -0.138. The van der Waals surface area contributed by atoms with Crippen molar-refractivity contribution in [2.75, 3.05) is 31.7 Å². The molecule has 4 rings (SSSR count). The molecule has 1 fully saturated rings. The number of nitrogens with one attached hydrogen (secondary N) is 1. The molecule has 2 aromatic carbocycles. The zero-order chi connectivity index (χ0) is 28.0. The lowest BCUT2D eigenvalue weighted by Gasteiger charge is -2.23. The van der Waals surface area contributed by atoms with E-state index in [0.717, 1.165) is 6.07 Å². The van der Waals surface area contributed by atoms with E-state index in [2.05, 4.69) is 15.3 Å². The number of aromatic nitrogens is 2. The van der Waals surface area contributed by atoms with Crippen molar-refractivity contribution in [3.05, 3.63) is 52.8 Å². The first kappa shape index (κ1) is 27.9. The first-order valence-corrected chi connectivity index (χ1v) is 15.0. The molecule has 11 heteroatoms. The molecule has 1 amide bonds. The molecule has 0 saturated carbocycles. The van der Waals surface area contributed by atoms with Gasteiger partial charge in [0.25, 0.3) is 0 Å². The number of hydrogen-bond donors (Lipinski definition) is 1. The van der Waals surface area contributed by atoms with Gasteiger partial charge in [0.2, 0.25) is 5.91 Å². The topological polar surface area (TPSA) is 84.4 Å². The predicted octanol–water partition coefficient (Wildman–Crippen LogP) is 5.69. The van der Waals surface area contributed by atoms with E-state index in [0.29, 0.717) is 58.7 Å². The number of benzene rings is 2. The summed E-state index contributed by atoms with van der Waals surface area (Å²) in [5, 5.41) is 4.40. The Balaban J connectivity index is 1.76. The number of alkyl halides is 3. The Hall–Kier alpha value is -3.13. The van der Waals surface area contributed by atoms with Crippen LogP contribution in [0.1, 0.15) is 48.8 Å². The van der Waals surface area contributed by atoms with Crippen LogP contribution >= 0.6 is 7.14 Å². The SMILES string of the molecule is CC(=O)N1CC[C@H](Oc2cc3c(N[C@H](C)c4cccc(C(F)(F)F)c4C)nc(C)nc3cc2P(C)(C)=O)C1. The molecular weight excluding hydrogens is 516 g/mol. The number of fused-ring (bicyclic) bond motifs is 1. The number of ether oxygens (including phenoxy) is 1. The van der Waals surface area contributed by atoms with Gasteiger partial charge in [-0.15, -0.1) is 0 Å². The largest absolute Gasteiger partial charge is 0.488 e. The highest BCUT2D eigenvalue weighted by molar-refractivity contribution is 7.70. The number of rotatable bonds is 6. The summed E-state index contributed by atoms with van der Waals surface area (Å²) in [6.07, 6.45) is -4.06. The van der Waals surface area contributed by atoms with Gasteiger partial charge in [0.1, 0.15) is 30.6 Å². The van der Waals surface area contributed by atoms with Crippen molar-refractivity contribution >= 4 is 35.1 Å². The van der Waals surface area contributed by atoms with E-state index in [1.807, 2.05) is 0 Å². The molecule has 0 aliphatic carbocycles. The van der Waals surface area contributed by atoms with Crippen LogP contribution in [0.25, 0.3) is 10.9 Å². The number of anilines is 1. The summed E-state index contributed by atoms with van der Waals surface area (Å²) < 4.78 is 60.0. The van der Waals surface area contributed by atoms with Crippen LogP contribution < -0.4 is 15.4 Å². The summed E-state index contributed by atoms with van der Waals surface area (Å²) in [7, 11) is -2.78. The average molecular weight is 549 g/mol. The standard InChI is InChI=1S/C27H32F3N4O3P/c1-15-20(8-7-9-22(15)27(28,29)30)16(2)31-26-21-12-24(37-19-10-11-34(14-19)18(4)35)25(38(5,6)36)13-23(21)32-17(3)33-26/h7-9,12-13,16,19H,10-11,14H2,1-6H3,(H,31,32,33)/t16-,19+/m1/s1. The number of amides is 1. The summed E-state index contributed by atoms with van der Waals surface area (Å²) in [4.78, 5) is 22.6. The second-order valence-electron chi connectivity index (χ2n) is 10.2. The van der Waals surface area contributed by atoms with Crippen LogP contribution in [-0.2, 0) is 15.5 Å². The Morgan fingerprint density at radius 3 is 2.53 bits per heavy atom. The van der Waals surface area contributed by atoms with Gasteiger partial charge in [-0.3, -0.25) is 4.79 Å². The van der Waals surface area contributed by atoms with Crippen LogP contribution in [0.15, 0.2) is 30.3 Å². The van der Waals surface area contributed by atoms with Gasteiger partial charge in [-0.05, 0) is 63.4 Å². The van der Waals surface area contributed by atoms with E-state index in [1.54, 1.807) is 50.3 Å². The van der Waals surface area contributed by atoms with Gasteiger partial charge in [0.15, 0.2) is 0 Å². The molecular formula is C27H32F3N4O3P. The maximum Gasteiger partial charge on any atom is 0.416 e. The van der Waals surface area contributed by atoms with Gasteiger partial charge in [-0.1, -0.05) is 12.1 Å². The van der Waals surface area contributed by atoms with Crippen molar-refractivity contribution < 1.29 is 27.3 Å².